The molecule has 0 aliphatic rings. The second kappa shape index (κ2) is 10.7. The number of pyridine rings is 1. The van der Waals surface area contributed by atoms with Gasteiger partial charge in [-0.15, -0.1) is 0 Å². The van der Waals surface area contributed by atoms with Crippen LogP contribution in [-0.2, 0) is 16.0 Å². The first-order valence-electron chi connectivity index (χ1n) is 9.96. The molecular weight excluding hydrogens is 392 g/mol. The van der Waals surface area contributed by atoms with Crippen LogP contribution in [0.15, 0.2) is 66.9 Å². The van der Waals surface area contributed by atoms with Crippen molar-refractivity contribution in [3.8, 4) is 11.5 Å². The predicted octanol–water partition coefficient (Wildman–Crippen LogP) is 4.76. The Morgan fingerprint density at radius 3 is 2.29 bits per heavy atom. The van der Waals surface area contributed by atoms with Crippen LogP contribution in [0.5, 0.6) is 11.5 Å². The van der Waals surface area contributed by atoms with Crippen molar-refractivity contribution in [2.75, 3.05) is 11.9 Å². The number of nitrogens with zero attached hydrogens (tertiary/aromatic N) is 1. The van der Waals surface area contributed by atoms with Crippen LogP contribution in [0.2, 0.25) is 0 Å². The predicted molar refractivity (Wildman–Crippen MR) is 121 cm³/mol. The van der Waals surface area contributed by atoms with Gasteiger partial charge in [0.1, 0.15) is 17.3 Å². The highest BCUT2D eigenvalue weighted by Gasteiger charge is 2.07. The molecule has 0 fully saturated rings. The van der Waals surface area contributed by atoms with E-state index in [1.807, 2.05) is 61.5 Å². The number of ether oxygens (including phenoxy) is 2. The van der Waals surface area contributed by atoms with Gasteiger partial charge in [-0.2, -0.15) is 0 Å². The van der Waals surface area contributed by atoms with E-state index in [1.165, 1.54) is 6.92 Å². The number of hydrogen-bond acceptors (Lipinski definition) is 5. The highest BCUT2D eigenvalue weighted by atomic mass is 16.5. The molecule has 6 nitrogen and oxygen atoms in total. The highest BCUT2D eigenvalue weighted by Crippen LogP contribution is 2.17. The third-order valence-corrected chi connectivity index (χ3v) is 4.25. The first-order valence-corrected chi connectivity index (χ1v) is 9.96. The van der Waals surface area contributed by atoms with Crippen LogP contribution in [0.1, 0.15) is 30.5 Å². The van der Waals surface area contributed by atoms with Crippen LogP contribution in [0.3, 0.4) is 0 Å². The van der Waals surface area contributed by atoms with Gasteiger partial charge >= 0.3 is 5.97 Å². The van der Waals surface area contributed by atoms with E-state index in [4.69, 9.17) is 9.47 Å². The number of carbonyl (C=O) groups is 2. The van der Waals surface area contributed by atoms with Crippen LogP contribution in [0.4, 0.5) is 5.82 Å². The Morgan fingerprint density at radius 2 is 1.61 bits per heavy atom. The van der Waals surface area contributed by atoms with Crippen LogP contribution in [0, 0.1) is 0 Å². The smallest absolute Gasteiger partial charge is 0.315 e. The van der Waals surface area contributed by atoms with Gasteiger partial charge < -0.3 is 14.8 Å². The zero-order valence-corrected chi connectivity index (χ0v) is 17.5. The molecule has 1 N–H and O–H groups in total. The summed E-state index contributed by atoms with van der Waals surface area (Å²) in [6.45, 7) is 3.97. The number of nitrogens with one attached hydrogen (secondary N) is 1. The molecule has 158 valence electrons. The minimum Gasteiger partial charge on any atom is -0.494 e. The fourth-order valence-corrected chi connectivity index (χ4v) is 2.84. The lowest BCUT2D eigenvalue weighted by Crippen LogP contribution is -2.11. The van der Waals surface area contributed by atoms with Crippen LogP contribution in [0.25, 0.3) is 12.2 Å². The molecule has 0 saturated heterocycles. The van der Waals surface area contributed by atoms with Crippen LogP contribution < -0.4 is 14.8 Å². The molecule has 0 bridgehead atoms. The van der Waals surface area contributed by atoms with Gasteiger partial charge in [0.15, 0.2) is 0 Å². The Kier molecular flexibility index (Phi) is 7.54. The average Bonchev–Trinajstić information content (AvgIpc) is 2.75. The molecule has 1 heterocycles. The maximum absolute atomic E-state index is 12.2. The Labute approximate surface area is 181 Å². The highest BCUT2D eigenvalue weighted by molar-refractivity contribution is 5.88. The Morgan fingerprint density at radius 1 is 0.935 bits per heavy atom. The van der Waals surface area contributed by atoms with Gasteiger partial charge in [0.2, 0.25) is 5.91 Å². The lowest BCUT2D eigenvalue weighted by atomic mass is 10.1. The summed E-state index contributed by atoms with van der Waals surface area (Å²) in [7, 11) is 0. The normalized spacial score (nSPS) is 10.6. The van der Waals surface area contributed by atoms with E-state index < -0.39 is 0 Å². The van der Waals surface area contributed by atoms with E-state index in [2.05, 4.69) is 10.3 Å². The second-order valence-corrected chi connectivity index (χ2v) is 6.79. The van der Waals surface area contributed by atoms with Crippen LogP contribution >= 0.6 is 0 Å². The third kappa shape index (κ3) is 7.12. The quantitative estimate of drug-likeness (QED) is 0.423. The summed E-state index contributed by atoms with van der Waals surface area (Å²) in [5.74, 6) is 1.28. The zero-order valence-electron chi connectivity index (χ0n) is 17.5. The number of esters is 1. The summed E-state index contributed by atoms with van der Waals surface area (Å²) in [5, 5.41) is 2.66. The molecule has 2 aromatic carbocycles. The van der Waals surface area contributed by atoms with E-state index >= 15 is 0 Å². The number of hydrogen-bond donors (Lipinski definition) is 1. The lowest BCUT2D eigenvalue weighted by Gasteiger charge is -2.06. The summed E-state index contributed by atoms with van der Waals surface area (Å²) in [6, 6.07) is 18.3. The molecule has 1 amide bonds. The van der Waals surface area contributed by atoms with Crippen molar-refractivity contribution in [1.29, 1.82) is 0 Å². The summed E-state index contributed by atoms with van der Waals surface area (Å²) in [4.78, 5) is 27.4. The molecule has 0 radical (unpaired) electrons. The number of anilines is 1. The molecule has 0 unspecified atom stereocenters. The maximum Gasteiger partial charge on any atom is 0.315 e. The van der Waals surface area contributed by atoms with E-state index in [9.17, 15) is 9.59 Å². The molecule has 6 heteroatoms. The van der Waals surface area contributed by atoms with Gasteiger partial charge in [-0.1, -0.05) is 36.4 Å². The van der Waals surface area contributed by atoms with Crippen LogP contribution in [-0.4, -0.2) is 23.5 Å². The Hall–Kier alpha value is -3.93. The van der Waals surface area contributed by atoms with Crippen molar-refractivity contribution in [3.05, 3.63) is 83.6 Å². The molecular formula is C25H24N2O4. The fourth-order valence-electron chi connectivity index (χ4n) is 2.84. The summed E-state index contributed by atoms with van der Waals surface area (Å²) in [6.07, 6.45) is 5.67. The van der Waals surface area contributed by atoms with E-state index in [-0.39, 0.29) is 18.3 Å². The molecule has 3 aromatic rings. The third-order valence-electron chi connectivity index (χ3n) is 4.25. The molecule has 3 rings (SSSR count). The van der Waals surface area contributed by atoms with E-state index in [0.717, 1.165) is 22.4 Å². The largest absolute Gasteiger partial charge is 0.494 e. The SMILES string of the molecule is CCOc1ccc(CC(=O)Oc2ccc(/C=C/c3ccnc(NC(C)=O)c3)cc2)cc1. The van der Waals surface area contributed by atoms with Gasteiger partial charge in [-0.05, 0) is 60.0 Å². The first kappa shape index (κ1) is 21.8. The van der Waals surface area contributed by atoms with Crippen molar-refractivity contribution >= 4 is 29.8 Å². The number of carbonyl (C=O) groups excluding carboxylic acids is 2. The molecule has 0 aliphatic carbocycles. The molecule has 0 aliphatic heterocycles. The minimum atomic E-state index is -0.324. The number of aromatic nitrogens is 1. The number of amides is 1. The standard InChI is InChI=1S/C25H24N2O4/c1-3-30-22-10-8-20(9-11-22)17-25(29)31-23-12-6-19(7-13-23)4-5-21-14-15-26-24(16-21)27-18(2)28/h4-16H,3,17H2,1-2H3,(H,26,27,28)/b5-4+. The van der Waals surface area contributed by atoms with Crippen molar-refractivity contribution in [1.82, 2.24) is 4.98 Å². The molecule has 0 spiro atoms. The van der Waals surface area contributed by atoms with Crippen molar-refractivity contribution in [2.24, 2.45) is 0 Å². The summed E-state index contributed by atoms with van der Waals surface area (Å²) >= 11 is 0. The van der Waals surface area contributed by atoms with Crippen molar-refractivity contribution < 1.29 is 19.1 Å². The van der Waals surface area contributed by atoms with Gasteiger partial charge in [-0.25, -0.2) is 4.98 Å². The summed E-state index contributed by atoms with van der Waals surface area (Å²) < 4.78 is 10.8. The van der Waals surface area contributed by atoms with Crippen molar-refractivity contribution in [3.63, 3.8) is 0 Å². The first-order chi connectivity index (χ1) is 15.0. The minimum absolute atomic E-state index is 0.165. The molecule has 0 atom stereocenters. The lowest BCUT2D eigenvalue weighted by molar-refractivity contribution is -0.133. The topological polar surface area (TPSA) is 77.5 Å². The number of rotatable bonds is 8. The Balaban J connectivity index is 1.55. The summed E-state index contributed by atoms with van der Waals surface area (Å²) in [5.41, 5.74) is 2.72. The second-order valence-electron chi connectivity index (χ2n) is 6.79. The van der Waals surface area contributed by atoms with E-state index in [1.54, 1.807) is 24.4 Å². The fraction of sp³-hybridized carbons (Fsp3) is 0.160. The maximum atomic E-state index is 12.2. The molecule has 31 heavy (non-hydrogen) atoms. The van der Waals surface area contributed by atoms with Gasteiger partial charge in [-0.3, -0.25) is 9.59 Å². The van der Waals surface area contributed by atoms with Gasteiger partial charge in [0.25, 0.3) is 0 Å². The van der Waals surface area contributed by atoms with Gasteiger partial charge in [0, 0.05) is 13.1 Å². The van der Waals surface area contributed by atoms with Gasteiger partial charge in [0.05, 0.1) is 13.0 Å². The van der Waals surface area contributed by atoms with E-state index in [0.29, 0.717) is 18.2 Å². The average molecular weight is 416 g/mol. The molecule has 1 aromatic heterocycles. The molecule has 0 saturated carbocycles. The van der Waals surface area contributed by atoms with Crippen molar-refractivity contribution in [2.45, 2.75) is 20.3 Å². The number of benzene rings is 2. The zero-order chi connectivity index (χ0) is 22.1. The Bertz CT molecular complexity index is 1060. The monoisotopic (exact) mass is 416 g/mol.